The van der Waals surface area contributed by atoms with Gasteiger partial charge in [-0.05, 0) is 30.2 Å². The van der Waals surface area contributed by atoms with Crippen LogP contribution in [0.25, 0.3) is 0 Å². The fraction of sp³-hybridized carbons (Fsp3) is 0.667. The summed E-state index contributed by atoms with van der Waals surface area (Å²) in [6.45, 7) is 8.87. The Morgan fingerprint density at radius 3 is 2.63 bits per heavy atom. The second kappa shape index (κ2) is 7.06. The summed E-state index contributed by atoms with van der Waals surface area (Å²) in [5.41, 5.74) is 5.86. The van der Waals surface area contributed by atoms with Crippen molar-refractivity contribution in [1.82, 2.24) is 5.32 Å². The van der Waals surface area contributed by atoms with Crippen LogP contribution in [0.4, 0.5) is 0 Å². The van der Waals surface area contributed by atoms with Gasteiger partial charge in [-0.3, -0.25) is 4.79 Å². The number of rotatable bonds is 6. The normalized spacial score (nSPS) is 15.0. The molecule has 0 fully saturated rings. The van der Waals surface area contributed by atoms with Gasteiger partial charge in [0.05, 0.1) is 5.92 Å². The van der Waals surface area contributed by atoms with Crippen molar-refractivity contribution >= 4 is 17.2 Å². The molecule has 2 unspecified atom stereocenters. The summed E-state index contributed by atoms with van der Waals surface area (Å²) in [4.78, 5) is 13.5. The summed E-state index contributed by atoms with van der Waals surface area (Å²) in [5, 5.41) is 5.14. The first-order valence-corrected chi connectivity index (χ1v) is 7.72. The van der Waals surface area contributed by atoms with Gasteiger partial charge >= 0.3 is 0 Å². The van der Waals surface area contributed by atoms with Crippen LogP contribution in [0, 0.1) is 11.3 Å². The minimum absolute atomic E-state index is 0.0847. The lowest BCUT2D eigenvalue weighted by Gasteiger charge is -2.25. The number of thiophene rings is 1. The number of carbonyl (C=O) groups is 1. The van der Waals surface area contributed by atoms with Crippen LogP contribution in [0.1, 0.15) is 39.0 Å². The Labute approximate surface area is 120 Å². The van der Waals surface area contributed by atoms with Crippen LogP contribution in [-0.4, -0.2) is 18.5 Å². The zero-order valence-corrected chi connectivity index (χ0v) is 13.2. The predicted molar refractivity (Wildman–Crippen MR) is 82.2 cm³/mol. The van der Waals surface area contributed by atoms with Crippen molar-refractivity contribution in [2.45, 2.75) is 46.6 Å². The van der Waals surface area contributed by atoms with Gasteiger partial charge < -0.3 is 11.1 Å². The Kier molecular flexibility index (Phi) is 6.01. The van der Waals surface area contributed by atoms with E-state index in [9.17, 15) is 4.79 Å². The lowest BCUT2D eigenvalue weighted by molar-refractivity contribution is -0.126. The number of carbonyl (C=O) groups excluding carboxylic acids is 1. The predicted octanol–water partition coefficient (Wildman–Crippen LogP) is 2.81. The largest absolute Gasteiger partial charge is 0.353 e. The summed E-state index contributed by atoms with van der Waals surface area (Å²) in [6.07, 6.45) is 1.71. The van der Waals surface area contributed by atoms with Gasteiger partial charge in [0.25, 0.3) is 0 Å². The number of hydrogen-bond acceptors (Lipinski definition) is 3. The molecule has 1 amide bonds. The molecule has 0 saturated heterocycles. The van der Waals surface area contributed by atoms with Crippen molar-refractivity contribution in [2.24, 2.45) is 17.1 Å². The molecule has 0 aliphatic heterocycles. The molecule has 0 spiro atoms. The Hall–Kier alpha value is -0.870. The van der Waals surface area contributed by atoms with E-state index in [1.54, 1.807) is 11.3 Å². The van der Waals surface area contributed by atoms with Crippen LogP contribution < -0.4 is 11.1 Å². The average Bonchev–Trinajstić information content (AvgIpc) is 2.76. The molecule has 1 heterocycles. The van der Waals surface area contributed by atoms with Crippen LogP contribution in [0.2, 0.25) is 0 Å². The van der Waals surface area contributed by atoms with E-state index < -0.39 is 0 Å². The minimum atomic E-state index is -0.0919. The quantitative estimate of drug-likeness (QED) is 0.843. The molecular formula is C15H26N2OS. The highest BCUT2D eigenvalue weighted by atomic mass is 32.1. The molecule has 3 nitrogen and oxygen atoms in total. The number of nitrogens with two attached hydrogens (primary N) is 1. The van der Waals surface area contributed by atoms with E-state index in [0.29, 0.717) is 6.54 Å². The molecule has 108 valence electrons. The van der Waals surface area contributed by atoms with Crippen LogP contribution >= 0.6 is 11.3 Å². The van der Waals surface area contributed by atoms with Gasteiger partial charge in [0, 0.05) is 23.9 Å². The fourth-order valence-electron chi connectivity index (χ4n) is 2.16. The maximum Gasteiger partial charge on any atom is 0.224 e. The SMILES string of the molecule is CC(Cc1cccs1)NC(=O)C(CN)CC(C)(C)C. The van der Waals surface area contributed by atoms with E-state index >= 15 is 0 Å². The molecule has 0 aliphatic carbocycles. The highest BCUT2D eigenvalue weighted by Crippen LogP contribution is 2.24. The van der Waals surface area contributed by atoms with Crippen molar-refractivity contribution in [3.8, 4) is 0 Å². The first-order chi connectivity index (χ1) is 8.81. The summed E-state index contributed by atoms with van der Waals surface area (Å²) in [5.74, 6) is -0.00716. The monoisotopic (exact) mass is 282 g/mol. The zero-order chi connectivity index (χ0) is 14.5. The van der Waals surface area contributed by atoms with Gasteiger partial charge in [-0.25, -0.2) is 0 Å². The molecule has 1 rings (SSSR count). The summed E-state index contributed by atoms with van der Waals surface area (Å²) in [7, 11) is 0. The van der Waals surface area contributed by atoms with E-state index in [4.69, 9.17) is 5.73 Å². The van der Waals surface area contributed by atoms with E-state index in [1.165, 1.54) is 4.88 Å². The van der Waals surface area contributed by atoms with Gasteiger partial charge in [0.2, 0.25) is 5.91 Å². The number of hydrogen-bond donors (Lipinski definition) is 2. The highest BCUT2D eigenvalue weighted by molar-refractivity contribution is 7.09. The molecule has 4 heteroatoms. The van der Waals surface area contributed by atoms with Crippen molar-refractivity contribution < 1.29 is 4.79 Å². The molecule has 0 aliphatic rings. The maximum absolute atomic E-state index is 12.2. The first-order valence-electron chi connectivity index (χ1n) is 6.84. The molecular weight excluding hydrogens is 256 g/mol. The Morgan fingerprint density at radius 1 is 1.47 bits per heavy atom. The van der Waals surface area contributed by atoms with Gasteiger partial charge in [-0.1, -0.05) is 26.8 Å². The third-order valence-electron chi connectivity index (χ3n) is 2.99. The number of nitrogens with one attached hydrogen (secondary N) is 1. The fourth-order valence-corrected chi connectivity index (χ4v) is 3.00. The Bertz CT molecular complexity index is 381. The van der Waals surface area contributed by atoms with Crippen LogP contribution in [0.15, 0.2) is 17.5 Å². The Balaban J connectivity index is 2.47. The van der Waals surface area contributed by atoms with E-state index in [2.05, 4.69) is 37.5 Å². The van der Waals surface area contributed by atoms with Crippen molar-refractivity contribution in [1.29, 1.82) is 0 Å². The third kappa shape index (κ3) is 6.21. The van der Waals surface area contributed by atoms with Gasteiger partial charge in [0.1, 0.15) is 0 Å². The smallest absolute Gasteiger partial charge is 0.224 e. The Morgan fingerprint density at radius 2 is 2.16 bits per heavy atom. The lowest BCUT2D eigenvalue weighted by atomic mass is 9.84. The van der Waals surface area contributed by atoms with Crippen LogP contribution in [-0.2, 0) is 11.2 Å². The summed E-state index contributed by atoms with van der Waals surface area (Å²) in [6, 6.07) is 4.29. The van der Waals surface area contributed by atoms with Crippen molar-refractivity contribution in [3.05, 3.63) is 22.4 Å². The minimum Gasteiger partial charge on any atom is -0.353 e. The molecule has 3 N–H and O–H groups in total. The standard InChI is InChI=1S/C15H26N2OS/c1-11(8-13-6-5-7-19-13)17-14(18)12(10-16)9-15(2,3)4/h5-7,11-12H,8-10,16H2,1-4H3,(H,17,18). The molecule has 0 saturated carbocycles. The lowest BCUT2D eigenvalue weighted by Crippen LogP contribution is -2.42. The van der Waals surface area contributed by atoms with Crippen molar-refractivity contribution in [3.63, 3.8) is 0 Å². The zero-order valence-electron chi connectivity index (χ0n) is 12.4. The molecule has 2 atom stereocenters. The van der Waals surface area contributed by atoms with E-state index in [-0.39, 0.29) is 23.3 Å². The topological polar surface area (TPSA) is 55.1 Å². The molecule has 19 heavy (non-hydrogen) atoms. The molecule has 0 radical (unpaired) electrons. The van der Waals surface area contributed by atoms with E-state index in [1.807, 2.05) is 13.0 Å². The first kappa shape index (κ1) is 16.2. The van der Waals surface area contributed by atoms with Crippen LogP contribution in [0.3, 0.4) is 0 Å². The average molecular weight is 282 g/mol. The highest BCUT2D eigenvalue weighted by Gasteiger charge is 2.24. The molecule has 0 aromatic carbocycles. The third-order valence-corrected chi connectivity index (χ3v) is 3.89. The second-order valence-electron chi connectivity index (χ2n) is 6.39. The molecule has 1 aromatic rings. The van der Waals surface area contributed by atoms with Crippen LogP contribution in [0.5, 0.6) is 0 Å². The maximum atomic E-state index is 12.2. The second-order valence-corrected chi connectivity index (χ2v) is 7.42. The van der Waals surface area contributed by atoms with Crippen molar-refractivity contribution in [2.75, 3.05) is 6.54 Å². The molecule has 1 aromatic heterocycles. The molecule has 0 bridgehead atoms. The number of amides is 1. The van der Waals surface area contributed by atoms with E-state index in [0.717, 1.165) is 12.8 Å². The summed E-state index contributed by atoms with van der Waals surface area (Å²) >= 11 is 1.73. The summed E-state index contributed by atoms with van der Waals surface area (Å²) < 4.78 is 0. The van der Waals surface area contributed by atoms with Gasteiger partial charge in [-0.2, -0.15) is 0 Å². The van der Waals surface area contributed by atoms with Gasteiger partial charge in [0.15, 0.2) is 0 Å². The van der Waals surface area contributed by atoms with Gasteiger partial charge in [-0.15, -0.1) is 11.3 Å².